The lowest BCUT2D eigenvalue weighted by atomic mass is 9.94. The number of aromatic nitrogens is 1. The van der Waals surface area contributed by atoms with E-state index in [4.69, 9.17) is 0 Å². The van der Waals surface area contributed by atoms with Crippen LogP contribution in [0.25, 0.3) is 0 Å². The van der Waals surface area contributed by atoms with Gasteiger partial charge < -0.3 is 9.80 Å². The zero-order valence-electron chi connectivity index (χ0n) is 15.8. The highest BCUT2D eigenvalue weighted by Crippen LogP contribution is 2.24. The summed E-state index contributed by atoms with van der Waals surface area (Å²) in [5.74, 6) is 0.101. The van der Waals surface area contributed by atoms with Gasteiger partial charge in [-0.15, -0.1) is 0 Å². The number of pyridine rings is 1. The van der Waals surface area contributed by atoms with Crippen molar-refractivity contribution in [3.8, 4) is 0 Å². The van der Waals surface area contributed by atoms with E-state index in [1.807, 2.05) is 31.1 Å². The first-order valence-electron chi connectivity index (χ1n) is 9.45. The Morgan fingerprint density at radius 1 is 1.16 bits per heavy atom. The molecular formula is C20H31N3O2. The maximum atomic E-state index is 12.6. The summed E-state index contributed by atoms with van der Waals surface area (Å²) in [5.41, 5.74) is 1.03. The number of hydrogen-bond donors (Lipinski definition) is 0. The number of hydrogen-bond acceptors (Lipinski definition) is 3. The van der Waals surface area contributed by atoms with Crippen LogP contribution >= 0.6 is 0 Å². The van der Waals surface area contributed by atoms with Gasteiger partial charge in [0.2, 0.25) is 11.8 Å². The van der Waals surface area contributed by atoms with Crippen LogP contribution in [0.1, 0.15) is 69.9 Å². The van der Waals surface area contributed by atoms with Gasteiger partial charge in [-0.3, -0.25) is 14.6 Å². The lowest BCUT2D eigenvalue weighted by Gasteiger charge is -2.32. The summed E-state index contributed by atoms with van der Waals surface area (Å²) in [6.45, 7) is 2.06. The van der Waals surface area contributed by atoms with E-state index in [1.54, 1.807) is 17.3 Å². The minimum absolute atomic E-state index is 0.00683. The zero-order chi connectivity index (χ0) is 18.2. The van der Waals surface area contributed by atoms with Gasteiger partial charge in [0.1, 0.15) is 0 Å². The van der Waals surface area contributed by atoms with Crippen molar-refractivity contribution in [2.45, 2.75) is 70.4 Å². The number of carbonyl (C=O) groups is 2. The number of amides is 2. The summed E-state index contributed by atoms with van der Waals surface area (Å²) >= 11 is 0. The van der Waals surface area contributed by atoms with Crippen LogP contribution in [0, 0.1) is 0 Å². The molecule has 1 atom stereocenters. The summed E-state index contributed by atoms with van der Waals surface area (Å²) < 4.78 is 0. The van der Waals surface area contributed by atoms with E-state index in [2.05, 4.69) is 11.9 Å². The Morgan fingerprint density at radius 2 is 1.84 bits per heavy atom. The van der Waals surface area contributed by atoms with E-state index in [1.165, 1.54) is 19.3 Å². The smallest absolute Gasteiger partial charge is 0.223 e. The first kappa shape index (κ1) is 19.4. The third kappa shape index (κ3) is 5.28. The molecule has 138 valence electrons. The van der Waals surface area contributed by atoms with Crippen molar-refractivity contribution in [1.29, 1.82) is 0 Å². The molecule has 1 unspecified atom stereocenters. The normalized spacial score (nSPS) is 16.3. The van der Waals surface area contributed by atoms with Crippen LogP contribution in [-0.4, -0.2) is 46.7 Å². The van der Waals surface area contributed by atoms with Gasteiger partial charge >= 0.3 is 0 Å². The molecule has 1 aliphatic carbocycles. The topological polar surface area (TPSA) is 53.5 Å². The minimum Gasteiger partial charge on any atom is -0.343 e. The van der Waals surface area contributed by atoms with Gasteiger partial charge in [0.15, 0.2) is 0 Å². The minimum atomic E-state index is 0.00683. The third-order valence-corrected chi connectivity index (χ3v) is 5.39. The number of nitrogens with zero attached hydrogens (tertiary/aromatic N) is 3. The predicted molar refractivity (Wildman–Crippen MR) is 98.9 cm³/mol. The lowest BCUT2D eigenvalue weighted by Crippen LogP contribution is -2.39. The Morgan fingerprint density at radius 3 is 2.44 bits per heavy atom. The first-order valence-corrected chi connectivity index (χ1v) is 9.45. The summed E-state index contributed by atoms with van der Waals surface area (Å²) in [6, 6.07) is 4.24. The van der Waals surface area contributed by atoms with Gasteiger partial charge in [-0.2, -0.15) is 0 Å². The quantitative estimate of drug-likeness (QED) is 0.759. The van der Waals surface area contributed by atoms with E-state index >= 15 is 0 Å². The summed E-state index contributed by atoms with van der Waals surface area (Å²) in [5, 5.41) is 0. The predicted octanol–water partition coefficient (Wildman–Crippen LogP) is 3.56. The maximum absolute atomic E-state index is 12.6. The van der Waals surface area contributed by atoms with Crippen molar-refractivity contribution in [2.24, 2.45) is 0 Å². The van der Waals surface area contributed by atoms with Crippen LogP contribution in [0.3, 0.4) is 0 Å². The Bertz CT molecular complexity index is 555. The van der Waals surface area contributed by atoms with Gasteiger partial charge in [-0.05, 0) is 30.9 Å². The van der Waals surface area contributed by atoms with E-state index in [0.717, 1.165) is 24.8 Å². The van der Waals surface area contributed by atoms with E-state index < -0.39 is 0 Å². The average Bonchev–Trinajstić information content (AvgIpc) is 2.67. The summed E-state index contributed by atoms with van der Waals surface area (Å²) in [6.07, 6.45) is 10.8. The summed E-state index contributed by atoms with van der Waals surface area (Å²) in [7, 11) is 3.70. The molecular weight excluding hydrogens is 314 g/mol. The fourth-order valence-electron chi connectivity index (χ4n) is 3.72. The van der Waals surface area contributed by atoms with Gasteiger partial charge in [0.05, 0.1) is 6.04 Å². The molecule has 0 spiro atoms. The molecule has 5 nitrogen and oxygen atoms in total. The maximum Gasteiger partial charge on any atom is 0.223 e. The zero-order valence-corrected chi connectivity index (χ0v) is 15.8. The first-order chi connectivity index (χ1) is 12.0. The van der Waals surface area contributed by atoms with Crippen LogP contribution in [0.2, 0.25) is 0 Å². The molecule has 1 aliphatic rings. The second kappa shape index (κ2) is 9.54. The largest absolute Gasteiger partial charge is 0.343 e. The Kier molecular flexibility index (Phi) is 7.41. The van der Waals surface area contributed by atoms with Crippen molar-refractivity contribution >= 4 is 11.8 Å². The average molecular weight is 345 g/mol. The molecule has 0 saturated heterocycles. The molecule has 0 radical (unpaired) electrons. The molecule has 1 saturated carbocycles. The van der Waals surface area contributed by atoms with Gasteiger partial charge in [-0.25, -0.2) is 0 Å². The second-order valence-corrected chi connectivity index (χ2v) is 7.01. The van der Waals surface area contributed by atoms with E-state index in [0.29, 0.717) is 12.5 Å². The van der Waals surface area contributed by atoms with Crippen molar-refractivity contribution in [3.63, 3.8) is 0 Å². The van der Waals surface area contributed by atoms with Crippen molar-refractivity contribution in [3.05, 3.63) is 30.1 Å². The fraction of sp³-hybridized carbons (Fsp3) is 0.650. The van der Waals surface area contributed by atoms with Crippen molar-refractivity contribution in [1.82, 2.24) is 14.8 Å². The highest BCUT2D eigenvalue weighted by atomic mass is 16.2. The Balaban J connectivity index is 1.86. The Labute approximate surface area is 151 Å². The molecule has 5 heteroatoms. The Hall–Kier alpha value is -1.91. The molecule has 0 bridgehead atoms. The van der Waals surface area contributed by atoms with Crippen LogP contribution in [0.5, 0.6) is 0 Å². The van der Waals surface area contributed by atoms with E-state index in [-0.39, 0.29) is 24.3 Å². The molecule has 1 aromatic heterocycles. The molecule has 2 amide bonds. The highest BCUT2D eigenvalue weighted by Gasteiger charge is 2.24. The van der Waals surface area contributed by atoms with Crippen LogP contribution in [0.15, 0.2) is 24.5 Å². The second-order valence-electron chi connectivity index (χ2n) is 7.01. The van der Waals surface area contributed by atoms with Crippen LogP contribution in [-0.2, 0) is 9.59 Å². The number of carbonyl (C=O) groups excluding carboxylic acids is 2. The highest BCUT2D eigenvalue weighted by molar-refractivity contribution is 5.84. The SMILES string of the molecule is CCC(c1cccnc1)N(C)C(=O)CCC(=O)N(C)C1CCCCC1. The summed E-state index contributed by atoms with van der Waals surface area (Å²) in [4.78, 5) is 32.7. The van der Waals surface area contributed by atoms with Gasteiger partial charge in [0, 0.05) is 45.4 Å². The molecule has 1 fully saturated rings. The molecule has 0 aliphatic heterocycles. The monoisotopic (exact) mass is 345 g/mol. The number of rotatable bonds is 7. The van der Waals surface area contributed by atoms with E-state index in [9.17, 15) is 9.59 Å². The standard InChI is InChI=1S/C20H31N3O2/c1-4-18(16-9-8-14-21-15-16)23(3)20(25)13-12-19(24)22(2)17-10-6-5-7-11-17/h8-9,14-15,17-18H,4-7,10-13H2,1-3H3. The molecule has 1 aromatic rings. The van der Waals surface area contributed by atoms with Crippen LogP contribution in [0.4, 0.5) is 0 Å². The lowest BCUT2D eigenvalue weighted by molar-refractivity contribution is -0.138. The molecule has 2 rings (SSSR count). The fourth-order valence-corrected chi connectivity index (χ4v) is 3.72. The molecule has 25 heavy (non-hydrogen) atoms. The van der Waals surface area contributed by atoms with Gasteiger partial charge in [-0.1, -0.05) is 32.3 Å². The van der Waals surface area contributed by atoms with Gasteiger partial charge in [0.25, 0.3) is 0 Å². The third-order valence-electron chi connectivity index (χ3n) is 5.39. The van der Waals surface area contributed by atoms with Crippen molar-refractivity contribution < 1.29 is 9.59 Å². The molecule has 0 aromatic carbocycles. The molecule has 1 heterocycles. The van der Waals surface area contributed by atoms with Crippen LogP contribution < -0.4 is 0 Å². The van der Waals surface area contributed by atoms with Crippen molar-refractivity contribution in [2.75, 3.05) is 14.1 Å². The molecule has 0 N–H and O–H groups in total.